The molecule has 1 aliphatic heterocycles. The van der Waals surface area contributed by atoms with Crippen molar-refractivity contribution in [3.63, 3.8) is 0 Å². The monoisotopic (exact) mass is 261 g/mol. The Balaban J connectivity index is 2.00. The number of ether oxygens (including phenoxy) is 1. The van der Waals surface area contributed by atoms with Crippen molar-refractivity contribution in [1.82, 2.24) is 10.2 Å². The third-order valence-corrected chi connectivity index (χ3v) is 3.52. The fraction of sp³-hybridized carbons (Fsp3) is 0.357. The molecule has 1 atom stereocenters. The van der Waals surface area contributed by atoms with Crippen molar-refractivity contribution in [3.05, 3.63) is 35.8 Å². The van der Waals surface area contributed by atoms with Gasteiger partial charge in [0.2, 0.25) is 0 Å². The predicted molar refractivity (Wildman–Crippen MR) is 71.2 cm³/mol. The van der Waals surface area contributed by atoms with Crippen LogP contribution in [-0.2, 0) is 4.74 Å². The summed E-state index contributed by atoms with van der Waals surface area (Å²) in [4.78, 5) is 0. The number of anilines is 1. The van der Waals surface area contributed by atoms with Crippen LogP contribution in [0, 0.1) is 5.82 Å². The maximum absolute atomic E-state index is 13.0. The molecule has 1 aromatic heterocycles. The first kappa shape index (κ1) is 12.2. The Morgan fingerprint density at radius 2 is 2.11 bits per heavy atom. The van der Waals surface area contributed by atoms with Crippen LogP contribution in [0.15, 0.2) is 24.3 Å². The number of aromatic amines is 1. The summed E-state index contributed by atoms with van der Waals surface area (Å²) >= 11 is 0. The standard InChI is InChI=1S/C14H16FN3O/c15-11-5-3-9(4-6-11)12-13(17-18-14(12)16)10-2-1-7-19-8-10/h3-6,10H,1-2,7-8H2,(H3,16,17,18). The van der Waals surface area contributed by atoms with Gasteiger partial charge in [0, 0.05) is 18.1 Å². The highest BCUT2D eigenvalue weighted by Gasteiger charge is 2.23. The molecule has 100 valence electrons. The lowest BCUT2D eigenvalue weighted by atomic mass is 9.92. The normalized spacial score (nSPS) is 19.5. The van der Waals surface area contributed by atoms with Crippen LogP contribution in [0.25, 0.3) is 11.1 Å². The van der Waals surface area contributed by atoms with E-state index >= 15 is 0 Å². The van der Waals surface area contributed by atoms with Crippen molar-refractivity contribution in [3.8, 4) is 11.1 Å². The Morgan fingerprint density at radius 1 is 1.32 bits per heavy atom. The SMILES string of the molecule is Nc1n[nH]c(C2CCCOC2)c1-c1ccc(F)cc1. The number of hydrogen-bond donors (Lipinski definition) is 2. The molecule has 0 radical (unpaired) electrons. The van der Waals surface area contributed by atoms with E-state index in [1.54, 1.807) is 12.1 Å². The molecule has 2 heterocycles. The molecule has 1 aromatic carbocycles. The van der Waals surface area contributed by atoms with Gasteiger partial charge in [0.15, 0.2) is 5.82 Å². The van der Waals surface area contributed by atoms with Crippen LogP contribution in [0.3, 0.4) is 0 Å². The van der Waals surface area contributed by atoms with Gasteiger partial charge < -0.3 is 10.5 Å². The van der Waals surface area contributed by atoms with Crippen LogP contribution in [0.4, 0.5) is 10.2 Å². The number of halogens is 1. The lowest BCUT2D eigenvalue weighted by molar-refractivity contribution is 0.0794. The Hall–Kier alpha value is -1.88. The van der Waals surface area contributed by atoms with Crippen molar-refractivity contribution in [2.45, 2.75) is 18.8 Å². The van der Waals surface area contributed by atoms with Crippen LogP contribution >= 0.6 is 0 Å². The maximum Gasteiger partial charge on any atom is 0.153 e. The molecule has 2 aromatic rings. The van der Waals surface area contributed by atoms with Gasteiger partial charge in [-0.05, 0) is 30.5 Å². The van der Waals surface area contributed by atoms with E-state index in [2.05, 4.69) is 10.2 Å². The molecule has 5 heteroatoms. The van der Waals surface area contributed by atoms with Crippen LogP contribution in [-0.4, -0.2) is 23.4 Å². The average molecular weight is 261 g/mol. The summed E-state index contributed by atoms with van der Waals surface area (Å²) in [6.45, 7) is 1.49. The van der Waals surface area contributed by atoms with Gasteiger partial charge in [0.25, 0.3) is 0 Å². The van der Waals surface area contributed by atoms with Crippen molar-refractivity contribution >= 4 is 5.82 Å². The molecule has 19 heavy (non-hydrogen) atoms. The largest absolute Gasteiger partial charge is 0.382 e. The van der Waals surface area contributed by atoms with Crippen LogP contribution in [0.2, 0.25) is 0 Å². The molecular weight excluding hydrogens is 245 g/mol. The fourth-order valence-electron chi connectivity index (χ4n) is 2.55. The first-order valence-corrected chi connectivity index (χ1v) is 6.43. The van der Waals surface area contributed by atoms with Crippen LogP contribution < -0.4 is 5.73 Å². The van der Waals surface area contributed by atoms with Crippen molar-refractivity contribution in [1.29, 1.82) is 0 Å². The molecule has 0 bridgehead atoms. The van der Waals surface area contributed by atoms with E-state index in [4.69, 9.17) is 10.5 Å². The number of H-pyrrole nitrogens is 1. The maximum atomic E-state index is 13.0. The number of hydrogen-bond acceptors (Lipinski definition) is 3. The number of benzene rings is 1. The van der Waals surface area contributed by atoms with E-state index in [-0.39, 0.29) is 11.7 Å². The van der Waals surface area contributed by atoms with E-state index in [0.29, 0.717) is 12.4 Å². The fourth-order valence-corrected chi connectivity index (χ4v) is 2.55. The second-order valence-corrected chi connectivity index (χ2v) is 4.82. The van der Waals surface area contributed by atoms with Crippen molar-refractivity contribution in [2.75, 3.05) is 18.9 Å². The minimum absolute atomic E-state index is 0.256. The van der Waals surface area contributed by atoms with Crippen LogP contribution in [0.5, 0.6) is 0 Å². The molecule has 1 unspecified atom stereocenters. The summed E-state index contributed by atoms with van der Waals surface area (Å²) in [5, 5.41) is 7.10. The Morgan fingerprint density at radius 3 is 2.79 bits per heavy atom. The Labute approximate surface area is 110 Å². The smallest absolute Gasteiger partial charge is 0.153 e. The molecule has 1 aliphatic rings. The minimum Gasteiger partial charge on any atom is -0.382 e. The van der Waals surface area contributed by atoms with Gasteiger partial charge >= 0.3 is 0 Å². The van der Waals surface area contributed by atoms with Gasteiger partial charge in [-0.15, -0.1) is 0 Å². The van der Waals surface area contributed by atoms with Gasteiger partial charge in [0.05, 0.1) is 12.3 Å². The zero-order valence-electron chi connectivity index (χ0n) is 10.5. The molecule has 1 saturated heterocycles. The molecule has 0 amide bonds. The highest BCUT2D eigenvalue weighted by atomic mass is 19.1. The van der Waals surface area contributed by atoms with Gasteiger partial charge in [-0.25, -0.2) is 4.39 Å². The molecule has 0 saturated carbocycles. The summed E-state index contributed by atoms with van der Waals surface area (Å²) in [5.41, 5.74) is 8.68. The Kier molecular flexibility index (Phi) is 3.21. The van der Waals surface area contributed by atoms with Crippen LogP contribution in [0.1, 0.15) is 24.5 Å². The number of nitrogens with zero attached hydrogens (tertiary/aromatic N) is 1. The quantitative estimate of drug-likeness (QED) is 0.873. The molecule has 0 aliphatic carbocycles. The highest BCUT2D eigenvalue weighted by Crippen LogP contribution is 2.35. The third kappa shape index (κ3) is 2.33. The molecule has 3 N–H and O–H groups in total. The van der Waals surface area contributed by atoms with E-state index in [1.165, 1.54) is 12.1 Å². The van der Waals surface area contributed by atoms with Gasteiger partial charge in [-0.3, -0.25) is 5.10 Å². The summed E-state index contributed by atoms with van der Waals surface area (Å²) in [7, 11) is 0. The predicted octanol–water partition coefficient (Wildman–Crippen LogP) is 2.69. The average Bonchev–Trinajstić information content (AvgIpc) is 2.83. The highest BCUT2D eigenvalue weighted by molar-refractivity contribution is 5.76. The first-order chi connectivity index (χ1) is 9.25. The number of rotatable bonds is 2. The first-order valence-electron chi connectivity index (χ1n) is 6.43. The van der Waals surface area contributed by atoms with Crippen molar-refractivity contribution in [2.24, 2.45) is 0 Å². The zero-order chi connectivity index (χ0) is 13.2. The van der Waals surface area contributed by atoms with E-state index in [1.807, 2.05) is 0 Å². The third-order valence-electron chi connectivity index (χ3n) is 3.52. The number of nitrogens with one attached hydrogen (secondary N) is 1. The van der Waals surface area contributed by atoms with E-state index in [0.717, 1.165) is 36.3 Å². The minimum atomic E-state index is -0.256. The number of nitrogens with two attached hydrogens (primary N) is 1. The summed E-state index contributed by atoms with van der Waals surface area (Å²) < 4.78 is 18.5. The molecular formula is C14H16FN3O. The van der Waals surface area contributed by atoms with Gasteiger partial charge in [0.1, 0.15) is 5.82 Å². The Bertz CT molecular complexity index is 559. The second-order valence-electron chi connectivity index (χ2n) is 4.82. The zero-order valence-corrected chi connectivity index (χ0v) is 10.5. The van der Waals surface area contributed by atoms with E-state index < -0.39 is 0 Å². The molecule has 0 spiro atoms. The second kappa shape index (κ2) is 5.01. The topological polar surface area (TPSA) is 63.9 Å². The number of nitrogen functional groups attached to an aromatic ring is 1. The molecule has 1 fully saturated rings. The summed E-state index contributed by atoms with van der Waals surface area (Å²) in [6.07, 6.45) is 2.09. The van der Waals surface area contributed by atoms with E-state index in [9.17, 15) is 4.39 Å². The van der Waals surface area contributed by atoms with Gasteiger partial charge in [-0.1, -0.05) is 12.1 Å². The summed E-state index contributed by atoms with van der Waals surface area (Å²) in [5.74, 6) is 0.471. The lowest BCUT2D eigenvalue weighted by Crippen LogP contribution is -2.16. The molecule has 4 nitrogen and oxygen atoms in total. The number of aromatic nitrogens is 2. The summed E-state index contributed by atoms with van der Waals surface area (Å²) in [6, 6.07) is 6.32. The van der Waals surface area contributed by atoms with Crippen molar-refractivity contribution < 1.29 is 9.13 Å². The lowest BCUT2D eigenvalue weighted by Gasteiger charge is -2.22. The van der Waals surface area contributed by atoms with Gasteiger partial charge in [-0.2, -0.15) is 5.10 Å². The molecule has 3 rings (SSSR count).